The molecule has 0 aliphatic heterocycles. The van der Waals surface area contributed by atoms with E-state index in [9.17, 15) is 18.3 Å². The molecule has 8 heteroatoms. The number of nitrogens with one attached hydrogen (secondary N) is 1. The van der Waals surface area contributed by atoms with Crippen molar-refractivity contribution < 1.29 is 18.3 Å². The van der Waals surface area contributed by atoms with Crippen LogP contribution in [0.3, 0.4) is 0 Å². The van der Waals surface area contributed by atoms with E-state index < -0.39 is 21.8 Å². The standard InChI is InChI=1S/C14H16N2O4S2/c1-22(19,20)12-5-6-21-11(12)8-16-14(18)13(15)9-3-2-4-10(17)7-9/h2-7,13,17H,8,15H2,1H3,(H,16,18). The maximum atomic E-state index is 12.0. The first kappa shape index (κ1) is 16.5. The van der Waals surface area contributed by atoms with Crippen LogP contribution in [-0.2, 0) is 21.2 Å². The molecule has 0 radical (unpaired) electrons. The lowest BCUT2D eigenvalue weighted by molar-refractivity contribution is -0.122. The van der Waals surface area contributed by atoms with Gasteiger partial charge in [0.2, 0.25) is 5.91 Å². The lowest BCUT2D eigenvalue weighted by atomic mass is 10.1. The van der Waals surface area contributed by atoms with Gasteiger partial charge < -0.3 is 16.2 Å². The predicted molar refractivity (Wildman–Crippen MR) is 84.3 cm³/mol. The number of hydrogen-bond donors (Lipinski definition) is 3. The van der Waals surface area contributed by atoms with E-state index in [2.05, 4.69) is 5.32 Å². The fraction of sp³-hybridized carbons (Fsp3) is 0.214. The van der Waals surface area contributed by atoms with Gasteiger partial charge in [0.1, 0.15) is 11.8 Å². The van der Waals surface area contributed by atoms with Crippen LogP contribution in [0.25, 0.3) is 0 Å². The summed E-state index contributed by atoms with van der Waals surface area (Å²) in [6.45, 7) is 0.0887. The number of aromatic hydroxyl groups is 1. The van der Waals surface area contributed by atoms with Gasteiger partial charge in [0.25, 0.3) is 0 Å². The molecule has 0 fully saturated rings. The third-order valence-electron chi connectivity index (χ3n) is 3.04. The van der Waals surface area contributed by atoms with Gasteiger partial charge in [-0.2, -0.15) is 0 Å². The summed E-state index contributed by atoms with van der Waals surface area (Å²) in [7, 11) is -3.32. The first-order valence-electron chi connectivity index (χ1n) is 6.37. The van der Waals surface area contributed by atoms with Crippen molar-refractivity contribution in [3.05, 3.63) is 46.2 Å². The van der Waals surface area contributed by atoms with Crippen LogP contribution in [0.15, 0.2) is 40.6 Å². The van der Waals surface area contributed by atoms with Crippen LogP contribution in [-0.4, -0.2) is 25.7 Å². The van der Waals surface area contributed by atoms with Gasteiger partial charge in [0.05, 0.1) is 11.4 Å². The number of rotatable bonds is 5. The Morgan fingerprint density at radius 3 is 2.77 bits per heavy atom. The van der Waals surface area contributed by atoms with Crippen LogP contribution in [0.2, 0.25) is 0 Å². The zero-order valence-corrected chi connectivity index (χ0v) is 13.4. The smallest absolute Gasteiger partial charge is 0.241 e. The molecule has 118 valence electrons. The molecule has 0 bridgehead atoms. The van der Waals surface area contributed by atoms with Gasteiger partial charge >= 0.3 is 0 Å². The summed E-state index contributed by atoms with van der Waals surface area (Å²) in [5.74, 6) is -0.420. The van der Waals surface area contributed by atoms with Gasteiger partial charge in [-0.15, -0.1) is 11.3 Å². The summed E-state index contributed by atoms with van der Waals surface area (Å²) in [6.07, 6.45) is 1.12. The minimum atomic E-state index is -3.32. The summed E-state index contributed by atoms with van der Waals surface area (Å²) < 4.78 is 23.2. The Balaban J connectivity index is 2.06. The minimum absolute atomic E-state index is 0.0263. The van der Waals surface area contributed by atoms with Crippen molar-refractivity contribution in [2.24, 2.45) is 5.73 Å². The molecule has 1 amide bonds. The van der Waals surface area contributed by atoms with Crippen molar-refractivity contribution in [1.29, 1.82) is 0 Å². The molecule has 1 atom stereocenters. The number of benzene rings is 1. The Bertz CT molecular complexity index is 784. The van der Waals surface area contributed by atoms with Crippen LogP contribution >= 0.6 is 11.3 Å². The molecule has 1 aromatic heterocycles. The van der Waals surface area contributed by atoms with E-state index in [-0.39, 0.29) is 17.2 Å². The lowest BCUT2D eigenvalue weighted by Crippen LogP contribution is -2.33. The number of hydrogen-bond acceptors (Lipinski definition) is 6. The van der Waals surface area contributed by atoms with Crippen molar-refractivity contribution in [2.45, 2.75) is 17.5 Å². The minimum Gasteiger partial charge on any atom is -0.508 e. The number of thiophene rings is 1. The Labute approximate surface area is 132 Å². The third kappa shape index (κ3) is 3.85. The summed E-state index contributed by atoms with van der Waals surface area (Å²) in [6, 6.07) is 6.70. The lowest BCUT2D eigenvalue weighted by Gasteiger charge is -2.13. The Hall–Kier alpha value is -1.90. The molecule has 0 aliphatic rings. The molecule has 0 saturated carbocycles. The number of phenols is 1. The first-order chi connectivity index (χ1) is 10.3. The van der Waals surface area contributed by atoms with E-state index >= 15 is 0 Å². The molecular formula is C14H16N2O4S2. The SMILES string of the molecule is CS(=O)(=O)c1ccsc1CNC(=O)C(N)c1cccc(O)c1. The predicted octanol–water partition coefficient (Wildman–Crippen LogP) is 1.17. The summed E-state index contributed by atoms with van der Waals surface area (Å²) in [4.78, 5) is 12.8. The van der Waals surface area contributed by atoms with Crippen LogP contribution in [0.4, 0.5) is 0 Å². The maximum Gasteiger partial charge on any atom is 0.241 e. The normalized spacial score (nSPS) is 12.8. The topological polar surface area (TPSA) is 109 Å². The Morgan fingerprint density at radius 1 is 1.41 bits per heavy atom. The maximum absolute atomic E-state index is 12.0. The Morgan fingerprint density at radius 2 is 2.14 bits per heavy atom. The molecule has 0 spiro atoms. The molecule has 1 heterocycles. The van der Waals surface area contributed by atoms with Crippen LogP contribution < -0.4 is 11.1 Å². The van der Waals surface area contributed by atoms with Gasteiger partial charge in [0.15, 0.2) is 9.84 Å². The molecule has 6 nitrogen and oxygen atoms in total. The second-order valence-corrected chi connectivity index (χ2v) is 7.76. The number of amides is 1. The highest BCUT2D eigenvalue weighted by Crippen LogP contribution is 2.22. The molecule has 4 N–H and O–H groups in total. The molecular weight excluding hydrogens is 324 g/mol. The highest BCUT2D eigenvalue weighted by Gasteiger charge is 2.19. The van der Waals surface area contributed by atoms with E-state index in [0.717, 1.165) is 6.26 Å². The highest BCUT2D eigenvalue weighted by molar-refractivity contribution is 7.90. The van der Waals surface area contributed by atoms with Crippen molar-refractivity contribution in [3.8, 4) is 5.75 Å². The van der Waals surface area contributed by atoms with E-state index in [1.54, 1.807) is 17.5 Å². The van der Waals surface area contributed by atoms with E-state index in [4.69, 9.17) is 5.73 Å². The van der Waals surface area contributed by atoms with Crippen molar-refractivity contribution in [3.63, 3.8) is 0 Å². The molecule has 0 aliphatic carbocycles. The number of nitrogens with two attached hydrogens (primary N) is 1. The number of carbonyl (C=O) groups excluding carboxylic acids is 1. The van der Waals surface area contributed by atoms with Gasteiger partial charge in [0, 0.05) is 11.1 Å². The quantitative estimate of drug-likeness (QED) is 0.757. The van der Waals surface area contributed by atoms with Gasteiger partial charge in [-0.25, -0.2) is 8.42 Å². The molecule has 2 rings (SSSR count). The highest BCUT2D eigenvalue weighted by atomic mass is 32.2. The van der Waals surface area contributed by atoms with Gasteiger partial charge in [-0.05, 0) is 29.1 Å². The second kappa shape index (κ2) is 6.47. The molecule has 1 unspecified atom stereocenters. The van der Waals surface area contributed by atoms with Crippen LogP contribution in [0.5, 0.6) is 5.75 Å². The van der Waals surface area contributed by atoms with E-state index in [1.807, 2.05) is 0 Å². The average molecular weight is 340 g/mol. The fourth-order valence-corrected chi connectivity index (χ4v) is 4.13. The van der Waals surface area contributed by atoms with Gasteiger partial charge in [-0.3, -0.25) is 4.79 Å². The van der Waals surface area contributed by atoms with Crippen molar-refractivity contribution in [2.75, 3.05) is 6.26 Å². The fourth-order valence-electron chi connectivity index (χ4n) is 1.94. The summed E-state index contributed by atoms with van der Waals surface area (Å²) in [5, 5.41) is 13.7. The van der Waals surface area contributed by atoms with Crippen molar-refractivity contribution in [1.82, 2.24) is 5.32 Å². The zero-order valence-electron chi connectivity index (χ0n) is 11.8. The largest absolute Gasteiger partial charge is 0.508 e. The van der Waals surface area contributed by atoms with Crippen LogP contribution in [0, 0.1) is 0 Å². The summed E-state index contributed by atoms with van der Waals surface area (Å²) in [5.41, 5.74) is 6.31. The molecule has 2 aromatic rings. The monoisotopic (exact) mass is 340 g/mol. The van der Waals surface area contributed by atoms with E-state index in [0.29, 0.717) is 10.4 Å². The average Bonchev–Trinajstić information content (AvgIpc) is 2.92. The molecule has 1 aromatic carbocycles. The molecule has 0 saturated heterocycles. The van der Waals surface area contributed by atoms with Crippen LogP contribution in [0.1, 0.15) is 16.5 Å². The first-order valence-corrected chi connectivity index (χ1v) is 9.15. The summed E-state index contributed by atoms with van der Waals surface area (Å²) >= 11 is 1.25. The number of sulfone groups is 1. The van der Waals surface area contributed by atoms with E-state index in [1.165, 1.54) is 29.5 Å². The van der Waals surface area contributed by atoms with Gasteiger partial charge in [-0.1, -0.05) is 12.1 Å². The molecule has 22 heavy (non-hydrogen) atoms. The van der Waals surface area contributed by atoms with Crippen molar-refractivity contribution >= 4 is 27.1 Å². The number of carbonyl (C=O) groups is 1. The third-order valence-corrected chi connectivity index (χ3v) is 5.27. The number of phenolic OH excluding ortho intramolecular Hbond substituents is 1. The Kier molecular flexibility index (Phi) is 4.84. The second-order valence-electron chi connectivity index (χ2n) is 4.77. The zero-order chi connectivity index (χ0) is 16.3.